The Morgan fingerprint density at radius 1 is 1.06 bits per heavy atom. The van der Waals surface area contributed by atoms with Crippen LogP contribution in [0.2, 0.25) is 5.15 Å². The van der Waals surface area contributed by atoms with Gasteiger partial charge in [-0.05, 0) is 35.9 Å². The third-order valence-electron chi connectivity index (χ3n) is 4.46. The highest BCUT2D eigenvalue weighted by Crippen LogP contribution is 2.28. The number of anilines is 1. The molecular formula is C22H17ClF2N2O4. The van der Waals surface area contributed by atoms with Gasteiger partial charge in [-0.3, -0.25) is 4.79 Å². The smallest absolute Gasteiger partial charge is 0.340 e. The van der Waals surface area contributed by atoms with Gasteiger partial charge in [0.15, 0.2) is 5.82 Å². The first-order valence-corrected chi connectivity index (χ1v) is 9.36. The van der Waals surface area contributed by atoms with Gasteiger partial charge in [0.05, 0.1) is 43.8 Å². The molecule has 0 aliphatic heterocycles. The van der Waals surface area contributed by atoms with Gasteiger partial charge in [-0.25, -0.2) is 18.6 Å². The highest BCUT2D eigenvalue weighted by atomic mass is 35.5. The molecular weight excluding hydrogens is 430 g/mol. The number of nitrogens with zero attached hydrogens (tertiary/aromatic N) is 2. The number of esters is 1. The summed E-state index contributed by atoms with van der Waals surface area (Å²) in [5, 5.41) is -0.240. The van der Waals surface area contributed by atoms with Crippen molar-refractivity contribution in [3.05, 3.63) is 88.2 Å². The fourth-order valence-corrected chi connectivity index (χ4v) is 3.08. The first kappa shape index (κ1) is 22.2. The Labute approximate surface area is 182 Å². The van der Waals surface area contributed by atoms with E-state index in [4.69, 9.17) is 16.3 Å². The SMILES string of the molecule is COC(=O)c1cccc(N(Cc2ccc(OC)cc2)C(=O)c2cc(F)cnc2Cl)c1F. The molecule has 0 aliphatic carbocycles. The number of benzene rings is 2. The van der Waals surface area contributed by atoms with Crippen LogP contribution in [0.4, 0.5) is 14.5 Å². The average Bonchev–Trinajstić information content (AvgIpc) is 2.79. The third-order valence-corrected chi connectivity index (χ3v) is 4.76. The molecule has 6 nitrogen and oxygen atoms in total. The lowest BCUT2D eigenvalue weighted by Gasteiger charge is -2.24. The van der Waals surface area contributed by atoms with E-state index in [0.29, 0.717) is 11.3 Å². The largest absolute Gasteiger partial charge is 0.497 e. The first-order chi connectivity index (χ1) is 14.8. The molecule has 160 valence electrons. The maximum Gasteiger partial charge on any atom is 0.340 e. The van der Waals surface area contributed by atoms with Crippen molar-refractivity contribution in [2.45, 2.75) is 6.54 Å². The van der Waals surface area contributed by atoms with Gasteiger partial charge in [0.1, 0.15) is 16.7 Å². The van der Waals surface area contributed by atoms with Crippen LogP contribution in [-0.4, -0.2) is 31.1 Å². The van der Waals surface area contributed by atoms with Crippen molar-refractivity contribution >= 4 is 29.2 Å². The van der Waals surface area contributed by atoms with Crippen LogP contribution in [0.15, 0.2) is 54.7 Å². The standard InChI is InChI=1S/C22H17ClF2N2O4/c1-30-15-8-6-13(7-9-15)12-27(21(28)17-10-14(24)11-26-20(17)23)18-5-3-4-16(19(18)25)22(29)31-2/h3-11H,12H2,1-2H3. The summed E-state index contributed by atoms with van der Waals surface area (Å²) in [6, 6.07) is 11.6. The van der Waals surface area contributed by atoms with Crippen molar-refractivity contribution in [1.82, 2.24) is 4.98 Å². The number of carbonyl (C=O) groups is 2. The van der Waals surface area contributed by atoms with Crippen molar-refractivity contribution in [2.24, 2.45) is 0 Å². The zero-order valence-corrected chi connectivity index (χ0v) is 17.3. The molecule has 0 saturated heterocycles. The molecule has 0 radical (unpaired) electrons. The number of hydrogen-bond donors (Lipinski definition) is 0. The van der Waals surface area contributed by atoms with Gasteiger partial charge < -0.3 is 14.4 Å². The number of hydrogen-bond acceptors (Lipinski definition) is 5. The molecule has 3 rings (SSSR count). The van der Waals surface area contributed by atoms with Gasteiger partial charge in [-0.2, -0.15) is 0 Å². The van der Waals surface area contributed by atoms with Crippen molar-refractivity contribution in [3.8, 4) is 5.75 Å². The van der Waals surface area contributed by atoms with Gasteiger partial charge >= 0.3 is 5.97 Å². The summed E-state index contributed by atoms with van der Waals surface area (Å²) >= 11 is 6.00. The van der Waals surface area contributed by atoms with E-state index in [1.54, 1.807) is 24.3 Å². The number of methoxy groups -OCH3 is 2. The number of amides is 1. The molecule has 0 aliphatic rings. The zero-order valence-electron chi connectivity index (χ0n) is 16.6. The molecule has 0 unspecified atom stereocenters. The normalized spacial score (nSPS) is 10.5. The fraction of sp³-hybridized carbons (Fsp3) is 0.136. The topological polar surface area (TPSA) is 68.7 Å². The fourth-order valence-electron chi connectivity index (χ4n) is 2.89. The van der Waals surface area contributed by atoms with Crippen LogP contribution in [0, 0.1) is 11.6 Å². The molecule has 0 fully saturated rings. The Bertz CT molecular complexity index is 1120. The summed E-state index contributed by atoms with van der Waals surface area (Å²) in [7, 11) is 2.63. The minimum Gasteiger partial charge on any atom is -0.497 e. The van der Waals surface area contributed by atoms with Crippen LogP contribution in [0.3, 0.4) is 0 Å². The molecule has 0 spiro atoms. The maximum atomic E-state index is 15.2. The van der Waals surface area contributed by atoms with E-state index in [0.717, 1.165) is 24.3 Å². The second kappa shape index (κ2) is 9.53. The van der Waals surface area contributed by atoms with E-state index in [1.807, 2.05) is 0 Å². The number of carbonyl (C=O) groups excluding carboxylic acids is 2. The van der Waals surface area contributed by atoms with Gasteiger partial charge in [-0.1, -0.05) is 29.8 Å². The summed E-state index contributed by atoms with van der Waals surface area (Å²) < 4.78 is 38.7. The van der Waals surface area contributed by atoms with E-state index in [-0.39, 0.29) is 28.5 Å². The van der Waals surface area contributed by atoms with Crippen molar-refractivity contribution in [2.75, 3.05) is 19.1 Å². The minimum absolute atomic E-state index is 0.1000. The maximum absolute atomic E-state index is 15.2. The minimum atomic E-state index is -0.961. The summed E-state index contributed by atoms with van der Waals surface area (Å²) in [6.45, 7) is -0.1000. The summed E-state index contributed by atoms with van der Waals surface area (Å²) in [4.78, 5) is 29.9. The Balaban J connectivity index is 2.11. The quantitative estimate of drug-likeness (QED) is 0.407. The summed E-state index contributed by atoms with van der Waals surface area (Å²) in [5.74, 6) is -2.84. The number of aromatic nitrogens is 1. The van der Waals surface area contributed by atoms with Crippen LogP contribution in [-0.2, 0) is 11.3 Å². The third kappa shape index (κ3) is 4.80. The van der Waals surface area contributed by atoms with Crippen LogP contribution >= 0.6 is 11.6 Å². The first-order valence-electron chi connectivity index (χ1n) is 8.98. The molecule has 9 heteroatoms. The van der Waals surface area contributed by atoms with E-state index in [9.17, 15) is 14.0 Å². The Hall–Kier alpha value is -3.52. The number of ether oxygens (including phenoxy) is 2. The van der Waals surface area contributed by atoms with E-state index < -0.39 is 23.5 Å². The summed E-state index contributed by atoms with van der Waals surface area (Å²) in [5.41, 5.74) is -0.185. The molecule has 0 saturated carbocycles. The zero-order chi connectivity index (χ0) is 22.5. The Morgan fingerprint density at radius 2 is 1.77 bits per heavy atom. The number of rotatable bonds is 6. The van der Waals surface area contributed by atoms with Gasteiger partial charge in [-0.15, -0.1) is 0 Å². The molecule has 0 atom stereocenters. The molecule has 0 N–H and O–H groups in total. The highest BCUT2D eigenvalue weighted by molar-refractivity contribution is 6.33. The molecule has 0 bridgehead atoms. The molecule has 31 heavy (non-hydrogen) atoms. The Morgan fingerprint density at radius 3 is 2.42 bits per heavy atom. The van der Waals surface area contributed by atoms with Crippen molar-refractivity contribution < 1.29 is 27.8 Å². The lowest BCUT2D eigenvalue weighted by Crippen LogP contribution is -2.32. The van der Waals surface area contributed by atoms with Crippen LogP contribution in [0.25, 0.3) is 0 Å². The monoisotopic (exact) mass is 446 g/mol. The molecule has 1 amide bonds. The second-order valence-corrected chi connectivity index (χ2v) is 6.72. The average molecular weight is 447 g/mol. The predicted octanol–water partition coefficient (Wildman–Crippen LogP) is 4.66. The van der Waals surface area contributed by atoms with Crippen molar-refractivity contribution in [3.63, 3.8) is 0 Å². The van der Waals surface area contributed by atoms with E-state index in [2.05, 4.69) is 9.72 Å². The van der Waals surface area contributed by atoms with E-state index >= 15 is 4.39 Å². The van der Waals surface area contributed by atoms with Crippen molar-refractivity contribution in [1.29, 1.82) is 0 Å². The van der Waals surface area contributed by atoms with Gasteiger partial charge in [0, 0.05) is 0 Å². The molecule has 1 aromatic heterocycles. The molecule has 3 aromatic rings. The predicted molar refractivity (Wildman–Crippen MR) is 110 cm³/mol. The lowest BCUT2D eigenvalue weighted by atomic mass is 10.1. The van der Waals surface area contributed by atoms with E-state index in [1.165, 1.54) is 25.3 Å². The van der Waals surface area contributed by atoms with Crippen LogP contribution in [0.1, 0.15) is 26.3 Å². The van der Waals surface area contributed by atoms with Crippen LogP contribution in [0.5, 0.6) is 5.75 Å². The van der Waals surface area contributed by atoms with Gasteiger partial charge in [0.2, 0.25) is 0 Å². The van der Waals surface area contributed by atoms with Gasteiger partial charge in [0.25, 0.3) is 5.91 Å². The Kier molecular flexibility index (Phi) is 6.81. The number of pyridine rings is 1. The second-order valence-electron chi connectivity index (χ2n) is 6.36. The number of halogens is 3. The molecule has 1 heterocycles. The summed E-state index contributed by atoms with van der Waals surface area (Å²) in [6.07, 6.45) is 0.866. The van der Waals surface area contributed by atoms with Crippen LogP contribution < -0.4 is 9.64 Å². The highest BCUT2D eigenvalue weighted by Gasteiger charge is 2.26. The molecule has 2 aromatic carbocycles. The lowest BCUT2D eigenvalue weighted by molar-refractivity contribution is 0.0595.